The van der Waals surface area contributed by atoms with Crippen molar-refractivity contribution >= 4 is 11.4 Å². The number of hydrogen-bond donors (Lipinski definition) is 1. The van der Waals surface area contributed by atoms with Gasteiger partial charge < -0.3 is 15.0 Å². The van der Waals surface area contributed by atoms with Crippen molar-refractivity contribution in [3.8, 4) is 5.75 Å². The fraction of sp³-hybridized carbons (Fsp3) is 0.538. The van der Waals surface area contributed by atoms with Crippen LogP contribution in [0.2, 0.25) is 0 Å². The Morgan fingerprint density at radius 2 is 2.16 bits per heavy atom. The number of benzene rings is 1. The molecule has 0 saturated heterocycles. The molecule has 6 heteroatoms. The van der Waals surface area contributed by atoms with E-state index in [4.69, 9.17) is 4.74 Å². The molecule has 0 aliphatic carbocycles. The molecule has 1 aromatic carbocycles. The lowest BCUT2D eigenvalue weighted by molar-refractivity contribution is -0.385. The first-order valence-corrected chi connectivity index (χ1v) is 6.35. The maximum Gasteiger partial charge on any atom is 0.333 e. The molecule has 1 rings (SSSR count). The monoisotopic (exact) mass is 267 g/mol. The van der Waals surface area contributed by atoms with Gasteiger partial charge in [-0.2, -0.15) is 0 Å². The quantitative estimate of drug-likeness (QED) is 0.578. The van der Waals surface area contributed by atoms with Gasteiger partial charge in [0, 0.05) is 13.1 Å². The van der Waals surface area contributed by atoms with E-state index in [1.54, 1.807) is 18.2 Å². The summed E-state index contributed by atoms with van der Waals surface area (Å²) in [4.78, 5) is 12.8. The van der Waals surface area contributed by atoms with Crippen molar-refractivity contribution in [1.29, 1.82) is 0 Å². The Balaban J connectivity index is 2.86. The molecular weight excluding hydrogens is 246 g/mol. The predicted octanol–water partition coefficient (Wildman–Crippen LogP) is 2.36. The van der Waals surface area contributed by atoms with Crippen molar-refractivity contribution in [2.75, 3.05) is 39.1 Å². The van der Waals surface area contributed by atoms with Crippen molar-refractivity contribution in [2.45, 2.75) is 13.3 Å². The topological polar surface area (TPSA) is 67.6 Å². The lowest BCUT2D eigenvalue weighted by Crippen LogP contribution is -2.21. The number of para-hydroxylation sites is 1. The van der Waals surface area contributed by atoms with E-state index in [9.17, 15) is 10.1 Å². The van der Waals surface area contributed by atoms with E-state index in [0.29, 0.717) is 24.6 Å². The number of ether oxygens (including phenoxy) is 1. The Hall–Kier alpha value is -1.82. The smallest absolute Gasteiger partial charge is 0.333 e. The van der Waals surface area contributed by atoms with E-state index in [0.717, 1.165) is 13.0 Å². The molecule has 0 unspecified atom stereocenters. The summed E-state index contributed by atoms with van der Waals surface area (Å²) >= 11 is 0. The second-order valence-corrected chi connectivity index (χ2v) is 4.49. The van der Waals surface area contributed by atoms with Crippen molar-refractivity contribution in [3.63, 3.8) is 0 Å². The van der Waals surface area contributed by atoms with Crippen molar-refractivity contribution in [3.05, 3.63) is 28.3 Å². The Labute approximate surface area is 113 Å². The molecule has 0 aliphatic rings. The molecule has 0 amide bonds. The third kappa shape index (κ3) is 4.75. The number of nitrogens with one attached hydrogen (secondary N) is 1. The van der Waals surface area contributed by atoms with Gasteiger partial charge in [-0.3, -0.25) is 10.1 Å². The number of nitro groups is 1. The third-order valence-corrected chi connectivity index (χ3v) is 2.52. The van der Waals surface area contributed by atoms with Crippen LogP contribution in [-0.4, -0.2) is 43.6 Å². The van der Waals surface area contributed by atoms with Crippen LogP contribution < -0.4 is 10.1 Å². The number of nitro benzene ring substituents is 1. The number of rotatable bonds is 8. The average Bonchev–Trinajstić information content (AvgIpc) is 2.35. The number of nitrogens with zero attached hydrogens (tertiary/aromatic N) is 2. The van der Waals surface area contributed by atoms with Crippen LogP contribution in [-0.2, 0) is 0 Å². The molecule has 0 heterocycles. The van der Waals surface area contributed by atoms with Crippen molar-refractivity contribution in [2.24, 2.45) is 0 Å². The van der Waals surface area contributed by atoms with Gasteiger partial charge >= 0.3 is 5.69 Å². The maximum absolute atomic E-state index is 11.2. The molecule has 0 bridgehead atoms. The zero-order valence-electron chi connectivity index (χ0n) is 11.7. The summed E-state index contributed by atoms with van der Waals surface area (Å²) in [6.07, 6.45) is 0.815. The van der Waals surface area contributed by atoms with Gasteiger partial charge in [-0.25, -0.2) is 0 Å². The van der Waals surface area contributed by atoms with E-state index in [1.807, 2.05) is 25.9 Å². The summed E-state index contributed by atoms with van der Waals surface area (Å²) in [6, 6.07) is 5.09. The highest BCUT2D eigenvalue weighted by Crippen LogP contribution is 2.34. The van der Waals surface area contributed by atoms with Crippen LogP contribution in [0.15, 0.2) is 18.2 Å². The van der Waals surface area contributed by atoms with E-state index in [2.05, 4.69) is 5.32 Å². The van der Waals surface area contributed by atoms with Gasteiger partial charge in [0.2, 0.25) is 0 Å². The van der Waals surface area contributed by atoms with Crippen molar-refractivity contribution < 1.29 is 9.66 Å². The van der Waals surface area contributed by atoms with Crippen LogP contribution >= 0.6 is 0 Å². The second-order valence-electron chi connectivity index (χ2n) is 4.49. The first-order chi connectivity index (χ1) is 9.06. The molecule has 0 saturated carbocycles. The molecule has 106 valence electrons. The number of likely N-dealkylation sites (N-methyl/N-ethyl adjacent to an activating group) is 1. The highest BCUT2D eigenvalue weighted by molar-refractivity contribution is 5.68. The van der Waals surface area contributed by atoms with Crippen LogP contribution in [0.1, 0.15) is 13.3 Å². The van der Waals surface area contributed by atoms with Crippen molar-refractivity contribution in [1.82, 2.24) is 4.90 Å². The average molecular weight is 267 g/mol. The molecule has 0 fully saturated rings. The Bertz CT molecular complexity index is 422. The summed E-state index contributed by atoms with van der Waals surface area (Å²) in [5.74, 6) is 0.321. The molecular formula is C13H21N3O3. The summed E-state index contributed by atoms with van der Waals surface area (Å²) in [6.45, 7) is 3.88. The van der Waals surface area contributed by atoms with Crippen LogP contribution in [0.4, 0.5) is 11.4 Å². The van der Waals surface area contributed by atoms with Gasteiger partial charge in [-0.05, 0) is 32.6 Å². The molecule has 0 radical (unpaired) electrons. The van der Waals surface area contributed by atoms with Gasteiger partial charge in [0.25, 0.3) is 0 Å². The van der Waals surface area contributed by atoms with Gasteiger partial charge in [0.15, 0.2) is 5.75 Å². The first kappa shape index (κ1) is 15.2. The summed E-state index contributed by atoms with van der Waals surface area (Å²) < 4.78 is 5.42. The zero-order chi connectivity index (χ0) is 14.3. The number of hydrogen-bond acceptors (Lipinski definition) is 5. The lowest BCUT2D eigenvalue weighted by atomic mass is 10.2. The van der Waals surface area contributed by atoms with Crippen LogP contribution in [0.5, 0.6) is 5.75 Å². The highest BCUT2D eigenvalue weighted by atomic mass is 16.6. The molecule has 1 aromatic rings. The Morgan fingerprint density at radius 1 is 1.42 bits per heavy atom. The normalized spacial score (nSPS) is 10.5. The Kier molecular flexibility index (Phi) is 6.08. The van der Waals surface area contributed by atoms with E-state index < -0.39 is 4.92 Å². The third-order valence-electron chi connectivity index (χ3n) is 2.52. The van der Waals surface area contributed by atoms with Gasteiger partial charge in [-0.15, -0.1) is 0 Å². The zero-order valence-corrected chi connectivity index (χ0v) is 11.7. The van der Waals surface area contributed by atoms with Gasteiger partial charge in [-0.1, -0.05) is 13.0 Å². The van der Waals surface area contributed by atoms with E-state index >= 15 is 0 Å². The SMILES string of the molecule is CCCOc1cccc(NCCN(C)C)c1[N+](=O)[O-]. The lowest BCUT2D eigenvalue weighted by Gasteiger charge is -2.13. The van der Waals surface area contributed by atoms with Crippen LogP contribution in [0, 0.1) is 10.1 Å². The second kappa shape index (κ2) is 7.58. The van der Waals surface area contributed by atoms with Gasteiger partial charge in [0.05, 0.1) is 11.5 Å². The molecule has 0 aromatic heterocycles. The molecule has 0 spiro atoms. The highest BCUT2D eigenvalue weighted by Gasteiger charge is 2.20. The van der Waals surface area contributed by atoms with Gasteiger partial charge in [0.1, 0.15) is 5.69 Å². The summed E-state index contributed by atoms with van der Waals surface area (Å²) in [7, 11) is 3.91. The van der Waals surface area contributed by atoms with Crippen LogP contribution in [0.25, 0.3) is 0 Å². The molecule has 6 nitrogen and oxygen atoms in total. The fourth-order valence-electron chi connectivity index (χ4n) is 1.60. The molecule has 0 aliphatic heterocycles. The predicted molar refractivity (Wildman–Crippen MR) is 75.9 cm³/mol. The fourth-order valence-corrected chi connectivity index (χ4v) is 1.60. The summed E-state index contributed by atoms with van der Waals surface area (Å²) in [5, 5.41) is 14.3. The number of anilines is 1. The minimum atomic E-state index is -0.400. The van der Waals surface area contributed by atoms with E-state index in [1.165, 1.54) is 0 Å². The molecule has 0 atom stereocenters. The molecule has 19 heavy (non-hydrogen) atoms. The minimum Gasteiger partial charge on any atom is -0.487 e. The summed E-state index contributed by atoms with van der Waals surface area (Å²) in [5.41, 5.74) is 0.509. The Morgan fingerprint density at radius 3 is 2.74 bits per heavy atom. The minimum absolute atomic E-state index is 0.00899. The molecule has 1 N–H and O–H groups in total. The van der Waals surface area contributed by atoms with Crippen LogP contribution in [0.3, 0.4) is 0 Å². The standard InChI is InChI=1S/C13H21N3O3/c1-4-10-19-12-7-5-6-11(13(12)16(17)18)14-8-9-15(2)3/h5-7,14H,4,8-10H2,1-3H3. The largest absolute Gasteiger partial charge is 0.487 e. The maximum atomic E-state index is 11.2. The first-order valence-electron chi connectivity index (χ1n) is 6.35. The van der Waals surface area contributed by atoms with E-state index in [-0.39, 0.29) is 5.69 Å².